The Morgan fingerprint density at radius 2 is 1.65 bits per heavy atom. The van der Waals surface area contributed by atoms with Crippen molar-refractivity contribution in [3.63, 3.8) is 0 Å². The highest BCUT2D eigenvalue weighted by molar-refractivity contribution is 5.94. The van der Waals surface area contributed by atoms with E-state index < -0.39 is 5.69 Å². The third-order valence-electron chi connectivity index (χ3n) is 5.89. The second kappa shape index (κ2) is 7.87. The lowest BCUT2D eigenvalue weighted by atomic mass is 10.1. The average molecular weight is 457 g/mol. The van der Waals surface area contributed by atoms with E-state index in [1.807, 2.05) is 68.6 Å². The van der Waals surface area contributed by atoms with E-state index in [-0.39, 0.29) is 23.8 Å². The van der Waals surface area contributed by atoms with Crippen molar-refractivity contribution in [1.29, 1.82) is 0 Å². The first kappa shape index (κ1) is 21.4. The van der Waals surface area contributed by atoms with E-state index in [1.165, 1.54) is 8.97 Å². The summed E-state index contributed by atoms with van der Waals surface area (Å²) in [6.45, 7) is 3.62. The Morgan fingerprint density at radius 1 is 0.971 bits per heavy atom. The zero-order valence-corrected chi connectivity index (χ0v) is 19.4. The minimum atomic E-state index is -0.491. The second-order valence-corrected chi connectivity index (χ2v) is 8.58. The molecule has 0 spiro atoms. The fourth-order valence-corrected chi connectivity index (χ4v) is 4.47. The molecule has 0 aliphatic carbocycles. The molecule has 2 aromatic carbocycles. The monoisotopic (exact) mass is 456 g/mol. The molecule has 172 valence electrons. The van der Waals surface area contributed by atoms with E-state index in [0.717, 1.165) is 26.9 Å². The molecule has 1 N–H and O–H groups in total. The average Bonchev–Trinajstić information content (AvgIpc) is 3.29. The summed E-state index contributed by atoms with van der Waals surface area (Å²) in [4.78, 5) is 39.4. The third kappa shape index (κ3) is 3.42. The van der Waals surface area contributed by atoms with Crippen LogP contribution in [-0.2, 0) is 25.4 Å². The van der Waals surface area contributed by atoms with Crippen LogP contribution in [0.2, 0.25) is 0 Å². The lowest BCUT2D eigenvalue weighted by Gasteiger charge is -2.07. The van der Waals surface area contributed by atoms with Gasteiger partial charge in [-0.3, -0.25) is 14.2 Å². The first-order valence-electron chi connectivity index (χ1n) is 10.9. The number of amides is 1. The van der Waals surface area contributed by atoms with Crippen LogP contribution in [0.1, 0.15) is 11.1 Å². The number of fused-ring (bicyclic) bond motifs is 3. The fraction of sp³-hybridized carbons (Fsp3) is 0.200. The van der Waals surface area contributed by atoms with Crippen LogP contribution in [0.3, 0.4) is 0 Å². The van der Waals surface area contributed by atoms with Crippen LogP contribution in [-0.4, -0.2) is 29.2 Å². The van der Waals surface area contributed by atoms with Crippen LogP contribution >= 0.6 is 0 Å². The van der Waals surface area contributed by atoms with Gasteiger partial charge >= 0.3 is 5.69 Å². The van der Waals surface area contributed by atoms with E-state index in [9.17, 15) is 14.4 Å². The molecule has 0 fully saturated rings. The van der Waals surface area contributed by atoms with Gasteiger partial charge in [0.05, 0.1) is 5.52 Å². The number of rotatable bonds is 4. The number of carbonyl (C=O) groups is 1. The van der Waals surface area contributed by atoms with Crippen molar-refractivity contribution in [2.24, 2.45) is 14.1 Å². The summed E-state index contributed by atoms with van der Waals surface area (Å²) in [5.74, 6) is -0.210. The summed E-state index contributed by atoms with van der Waals surface area (Å²) in [7, 11) is 3.34. The molecular weight excluding hydrogens is 432 g/mol. The van der Waals surface area contributed by atoms with Gasteiger partial charge in [0.15, 0.2) is 0 Å². The second-order valence-electron chi connectivity index (χ2n) is 8.58. The van der Waals surface area contributed by atoms with Crippen LogP contribution in [0.4, 0.5) is 5.69 Å². The Balaban J connectivity index is 1.66. The smallest absolute Gasteiger partial charge is 0.344 e. The molecule has 0 saturated heterocycles. The zero-order valence-electron chi connectivity index (χ0n) is 19.4. The number of aromatic nitrogens is 5. The largest absolute Gasteiger partial charge is 0.352 e. The van der Waals surface area contributed by atoms with E-state index in [0.29, 0.717) is 16.7 Å². The van der Waals surface area contributed by atoms with Gasteiger partial charge in [-0.25, -0.2) is 13.9 Å². The molecule has 9 heteroatoms. The molecule has 0 unspecified atom stereocenters. The van der Waals surface area contributed by atoms with Crippen LogP contribution in [0.25, 0.3) is 27.9 Å². The summed E-state index contributed by atoms with van der Waals surface area (Å²) in [5, 5.41) is 7.17. The maximum atomic E-state index is 13.5. The summed E-state index contributed by atoms with van der Waals surface area (Å²) >= 11 is 0. The molecule has 3 heterocycles. The topological polar surface area (TPSA) is 95.3 Å². The number of anilines is 1. The van der Waals surface area contributed by atoms with Crippen molar-refractivity contribution in [2.45, 2.75) is 20.4 Å². The van der Waals surface area contributed by atoms with Gasteiger partial charge < -0.3 is 9.88 Å². The summed E-state index contributed by atoms with van der Waals surface area (Å²) in [5.41, 5.74) is 4.40. The summed E-state index contributed by atoms with van der Waals surface area (Å²) in [6.07, 6.45) is 1.83. The van der Waals surface area contributed by atoms with Crippen molar-refractivity contribution in [3.05, 3.63) is 86.7 Å². The molecule has 5 aromatic rings. The van der Waals surface area contributed by atoms with Gasteiger partial charge in [-0.2, -0.15) is 0 Å². The summed E-state index contributed by atoms with van der Waals surface area (Å²) in [6, 6.07) is 15.3. The minimum absolute atomic E-state index is 0.171. The van der Waals surface area contributed by atoms with Gasteiger partial charge in [-0.1, -0.05) is 36.4 Å². The Hall–Kier alpha value is -4.40. The maximum Gasteiger partial charge on any atom is 0.352 e. The Kier molecular flexibility index (Phi) is 4.97. The highest BCUT2D eigenvalue weighted by Crippen LogP contribution is 2.28. The maximum absolute atomic E-state index is 13.5. The molecule has 1 amide bonds. The highest BCUT2D eigenvalue weighted by Gasteiger charge is 2.22. The minimum Gasteiger partial charge on any atom is -0.344 e. The van der Waals surface area contributed by atoms with Gasteiger partial charge in [-0.15, -0.1) is 5.10 Å². The van der Waals surface area contributed by atoms with E-state index in [1.54, 1.807) is 18.7 Å². The molecule has 0 saturated carbocycles. The van der Waals surface area contributed by atoms with Gasteiger partial charge in [-0.05, 0) is 42.7 Å². The third-order valence-corrected chi connectivity index (χ3v) is 5.89. The predicted molar refractivity (Wildman–Crippen MR) is 131 cm³/mol. The molecule has 0 radical (unpaired) electrons. The Morgan fingerprint density at radius 3 is 2.32 bits per heavy atom. The molecule has 5 rings (SSSR count). The Labute approximate surface area is 194 Å². The molecule has 0 aliphatic rings. The quantitative estimate of drug-likeness (QED) is 0.450. The van der Waals surface area contributed by atoms with Crippen molar-refractivity contribution in [1.82, 2.24) is 23.3 Å². The van der Waals surface area contributed by atoms with E-state index >= 15 is 0 Å². The van der Waals surface area contributed by atoms with Crippen molar-refractivity contribution < 1.29 is 4.79 Å². The molecule has 34 heavy (non-hydrogen) atoms. The number of nitrogens with zero attached hydrogens (tertiary/aromatic N) is 5. The molecular formula is C25H24N6O3. The number of aryl methyl sites for hydroxylation is 4. The van der Waals surface area contributed by atoms with Gasteiger partial charge in [0.2, 0.25) is 11.7 Å². The van der Waals surface area contributed by atoms with Gasteiger partial charge in [0, 0.05) is 31.5 Å². The number of carbonyl (C=O) groups excluding carboxylic acids is 1. The first-order valence-corrected chi connectivity index (χ1v) is 10.9. The highest BCUT2D eigenvalue weighted by atomic mass is 16.2. The van der Waals surface area contributed by atoms with Crippen LogP contribution < -0.4 is 16.6 Å². The zero-order chi connectivity index (χ0) is 24.1. The molecule has 9 nitrogen and oxygen atoms in total. The van der Waals surface area contributed by atoms with Gasteiger partial charge in [0.25, 0.3) is 5.56 Å². The van der Waals surface area contributed by atoms with E-state index in [2.05, 4.69) is 10.4 Å². The number of nitrogens with one attached hydrogen (secondary N) is 1. The normalized spacial score (nSPS) is 11.4. The predicted octanol–water partition coefficient (Wildman–Crippen LogP) is 2.61. The summed E-state index contributed by atoms with van der Waals surface area (Å²) < 4.78 is 5.55. The molecule has 0 atom stereocenters. The van der Waals surface area contributed by atoms with Crippen molar-refractivity contribution >= 4 is 28.4 Å². The SMILES string of the molecule is Cc1cc(C)cc(NC(=O)Cn2nc3n(C)c(=O)c4c(c(-c5ccccc5)cn4C)n3c2=O)c1. The lowest BCUT2D eigenvalue weighted by molar-refractivity contribution is -0.117. The Bertz CT molecular complexity index is 1680. The first-order chi connectivity index (χ1) is 16.2. The number of hydrogen-bond donors (Lipinski definition) is 1. The molecule has 0 bridgehead atoms. The lowest BCUT2D eigenvalue weighted by Crippen LogP contribution is -2.29. The van der Waals surface area contributed by atoms with Crippen molar-refractivity contribution in [3.8, 4) is 11.1 Å². The van der Waals surface area contributed by atoms with Crippen molar-refractivity contribution in [2.75, 3.05) is 5.32 Å². The molecule has 0 aliphatic heterocycles. The van der Waals surface area contributed by atoms with Crippen LogP contribution in [0.5, 0.6) is 0 Å². The fourth-order valence-electron chi connectivity index (χ4n) is 4.47. The van der Waals surface area contributed by atoms with Crippen LogP contribution in [0.15, 0.2) is 64.3 Å². The number of hydrogen-bond acceptors (Lipinski definition) is 4. The number of benzene rings is 2. The van der Waals surface area contributed by atoms with Crippen LogP contribution in [0, 0.1) is 13.8 Å². The molecule has 3 aromatic heterocycles. The standard InChI is InChI=1S/C25H24N6O3/c1-15-10-16(2)12-18(11-15)26-20(32)14-30-25(34)31-21-19(17-8-6-5-7-9-17)13-28(3)22(21)23(33)29(4)24(31)27-30/h5-13H,14H2,1-4H3,(H,26,32). The van der Waals surface area contributed by atoms with Gasteiger partial charge in [0.1, 0.15) is 12.1 Å². The van der Waals surface area contributed by atoms with E-state index in [4.69, 9.17) is 0 Å².